The molecule has 2 N–H and O–H groups in total. The van der Waals surface area contributed by atoms with Crippen molar-refractivity contribution in [1.82, 2.24) is 0 Å². The van der Waals surface area contributed by atoms with Crippen LogP contribution in [-0.2, 0) is 0 Å². The van der Waals surface area contributed by atoms with Gasteiger partial charge in [-0.3, -0.25) is 0 Å². The zero-order chi connectivity index (χ0) is 16.0. The van der Waals surface area contributed by atoms with Gasteiger partial charge in [-0.15, -0.1) is 0 Å². The van der Waals surface area contributed by atoms with Crippen LogP contribution in [0.4, 0.5) is 5.69 Å². The van der Waals surface area contributed by atoms with Gasteiger partial charge in [0.15, 0.2) is 0 Å². The number of fused-ring (bicyclic) bond motifs is 3. The van der Waals surface area contributed by atoms with E-state index in [2.05, 4.69) is 17.5 Å². The summed E-state index contributed by atoms with van der Waals surface area (Å²) >= 11 is 6.16. The Kier molecular flexibility index (Phi) is 3.38. The SMILES string of the molecule is O=C(O)c1ccccc1[C@@H]1Nc2ccc(Cl)cc2[C@H]2C=CC[C@@H]21. The summed E-state index contributed by atoms with van der Waals surface area (Å²) in [6, 6.07) is 13.1. The van der Waals surface area contributed by atoms with Crippen molar-refractivity contribution in [3.63, 3.8) is 0 Å². The number of aromatic carboxylic acids is 1. The maximum Gasteiger partial charge on any atom is 0.336 e. The molecule has 1 heterocycles. The molecule has 0 saturated carbocycles. The van der Waals surface area contributed by atoms with Gasteiger partial charge in [0.25, 0.3) is 0 Å². The van der Waals surface area contributed by atoms with Crippen LogP contribution in [0.1, 0.15) is 39.9 Å². The molecule has 0 bridgehead atoms. The lowest BCUT2D eigenvalue weighted by molar-refractivity contribution is 0.0694. The van der Waals surface area contributed by atoms with Crippen LogP contribution >= 0.6 is 11.6 Å². The third kappa shape index (κ3) is 2.32. The molecule has 0 unspecified atom stereocenters. The van der Waals surface area contributed by atoms with Crippen LogP contribution in [0.2, 0.25) is 5.02 Å². The molecule has 3 atom stereocenters. The fourth-order valence-electron chi connectivity index (χ4n) is 3.84. The van der Waals surface area contributed by atoms with Crippen molar-refractivity contribution < 1.29 is 9.90 Å². The summed E-state index contributed by atoms with van der Waals surface area (Å²) in [5.74, 6) is -0.301. The normalized spacial score (nSPS) is 24.7. The van der Waals surface area contributed by atoms with E-state index < -0.39 is 5.97 Å². The molecular weight excluding hydrogens is 310 g/mol. The molecule has 2 aromatic carbocycles. The Balaban J connectivity index is 1.83. The third-order valence-electron chi connectivity index (χ3n) is 4.85. The molecule has 0 amide bonds. The summed E-state index contributed by atoms with van der Waals surface area (Å²) in [6.07, 6.45) is 5.34. The van der Waals surface area contributed by atoms with Crippen LogP contribution in [0.15, 0.2) is 54.6 Å². The van der Waals surface area contributed by atoms with E-state index >= 15 is 0 Å². The zero-order valence-electron chi connectivity index (χ0n) is 12.4. The largest absolute Gasteiger partial charge is 0.478 e. The molecule has 4 heteroatoms. The van der Waals surface area contributed by atoms with E-state index in [1.54, 1.807) is 12.1 Å². The van der Waals surface area contributed by atoms with Crippen molar-refractivity contribution in [2.75, 3.05) is 5.32 Å². The molecule has 3 nitrogen and oxygen atoms in total. The number of nitrogens with one attached hydrogen (secondary N) is 1. The van der Waals surface area contributed by atoms with Gasteiger partial charge in [0.2, 0.25) is 0 Å². The fraction of sp³-hybridized carbons (Fsp3) is 0.211. The number of carboxylic acid groups (broad SMARTS) is 1. The monoisotopic (exact) mass is 325 g/mol. The molecule has 1 aliphatic carbocycles. The van der Waals surface area contributed by atoms with Crippen LogP contribution in [0.5, 0.6) is 0 Å². The number of carboxylic acids is 1. The van der Waals surface area contributed by atoms with Crippen molar-refractivity contribution in [1.29, 1.82) is 0 Å². The Morgan fingerprint density at radius 1 is 1.17 bits per heavy atom. The second-order valence-electron chi connectivity index (χ2n) is 6.10. The van der Waals surface area contributed by atoms with Crippen molar-refractivity contribution in [2.45, 2.75) is 18.4 Å². The van der Waals surface area contributed by atoms with E-state index in [1.807, 2.05) is 30.3 Å². The summed E-state index contributed by atoms with van der Waals surface area (Å²) in [6.45, 7) is 0. The molecule has 4 rings (SSSR count). The predicted octanol–water partition coefficient (Wildman–Crippen LogP) is 4.86. The Hall–Kier alpha value is -2.26. The Morgan fingerprint density at radius 2 is 2.00 bits per heavy atom. The highest BCUT2D eigenvalue weighted by Crippen LogP contribution is 2.50. The molecule has 0 fully saturated rings. The summed E-state index contributed by atoms with van der Waals surface area (Å²) in [5.41, 5.74) is 3.44. The van der Waals surface area contributed by atoms with E-state index in [9.17, 15) is 9.90 Å². The number of rotatable bonds is 2. The van der Waals surface area contributed by atoms with Crippen molar-refractivity contribution in [2.24, 2.45) is 5.92 Å². The summed E-state index contributed by atoms with van der Waals surface area (Å²) in [7, 11) is 0. The second-order valence-corrected chi connectivity index (χ2v) is 6.54. The number of anilines is 1. The lowest BCUT2D eigenvalue weighted by atomic mass is 9.76. The molecule has 2 aromatic rings. The minimum atomic E-state index is -0.883. The minimum Gasteiger partial charge on any atom is -0.478 e. The van der Waals surface area contributed by atoms with Gasteiger partial charge in [0.1, 0.15) is 0 Å². The number of allylic oxidation sites excluding steroid dienone is 2. The van der Waals surface area contributed by atoms with Gasteiger partial charge in [-0.25, -0.2) is 4.79 Å². The number of carbonyl (C=O) groups is 1. The quantitative estimate of drug-likeness (QED) is 0.775. The Labute approximate surface area is 139 Å². The van der Waals surface area contributed by atoms with E-state index in [-0.39, 0.29) is 12.0 Å². The first-order chi connectivity index (χ1) is 11.1. The molecule has 2 aliphatic rings. The first-order valence-corrected chi connectivity index (χ1v) is 8.08. The van der Waals surface area contributed by atoms with E-state index in [0.717, 1.165) is 22.7 Å². The molecular formula is C19H16ClNO2. The second kappa shape index (κ2) is 5.43. The van der Waals surface area contributed by atoms with E-state index in [1.165, 1.54) is 5.56 Å². The summed E-state index contributed by atoms with van der Waals surface area (Å²) in [4.78, 5) is 11.6. The summed E-state index contributed by atoms with van der Waals surface area (Å²) in [5, 5.41) is 13.8. The third-order valence-corrected chi connectivity index (χ3v) is 5.09. The lowest BCUT2D eigenvalue weighted by Crippen LogP contribution is -2.30. The fourth-order valence-corrected chi connectivity index (χ4v) is 4.02. The first kappa shape index (κ1) is 14.3. The van der Waals surface area contributed by atoms with E-state index in [0.29, 0.717) is 11.5 Å². The first-order valence-electron chi connectivity index (χ1n) is 7.70. The van der Waals surface area contributed by atoms with Crippen molar-refractivity contribution in [3.05, 3.63) is 76.3 Å². The lowest BCUT2D eigenvalue weighted by Gasteiger charge is -2.38. The maximum absolute atomic E-state index is 11.6. The van der Waals surface area contributed by atoms with Gasteiger partial charge < -0.3 is 10.4 Å². The average molecular weight is 326 g/mol. The number of hydrogen-bond donors (Lipinski definition) is 2. The van der Waals surface area contributed by atoms with Gasteiger partial charge in [-0.1, -0.05) is 42.0 Å². The van der Waals surface area contributed by atoms with Gasteiger partial charge in [-0.2, -0.15) is 0 Å². The Bertz CT molecular complexity index is 815. The number of hydrogen-bond acceptors (Lipinski definition) is 2. The van der Waals surface area contributed by atoms with Gasteiger partial charge in [-0.05, 0) is 47.7 Å². The van der Waals surface area contributed by atoms with Crippen LogP contribution in [-0.4, -0.2) is 11.1 Å². The zero-order valence-corrected chi connectivity index (χ0v) is 13.1. The van der Waals surface area contributed by atoms with Crippen molar-refractivity contribution in [3.8, 4) is 0 Å². The topological polar surface area (TPSA) is 49.3 Å². The molecule has 23 heavy (non-hydrogen) atoms. The Morgan fingerprint density at radius 3 is 2.83 bits per heavy atom. The summed E-state index contributed by atoms with van der Waals surface area (Å²) < 4.78 is 0. The molecule has 0 saturated heterocycles. The molecule has 116 valence electrons. The highest BCUT2D eigenvalue weighted by atomic mass is 35.5. The minimum absolute atomic E-state index is 0.0176. The number of halogens is 1. The van der Waals surface area contributed by atoms with Gasteiger partial charge in [0.05, 0.1) is 11.6 Å². The van der Waals surface area contributed by atoms with Gasteiger partial charge in [0, 0.05) is 16.6 Å². The highest BCUT2D eigenvalue weighted by Gasteiger charge is 2.39. The molecule has 0 radical (unpaired) electrons. The van der Waals surface area contributed by atoms with E-state index in [4.69, 9.17) is 11.6 Å². The smallest absolute Gasteiger partial charge is 0.336 e. The van der Waals surface area contributed by atoms with Crippen molar-refractivity contribution >= 4 is 23.3 Å². The van der Waals surface area contributed by atoms with Gasteiger partial charge >= 0.3 is 5.97 Å². The molecule has 1 aliphatic heterocycles. The molecule has 0 aromatic heterocycles. The van der Waals surface area contributed by atoms with Crippen LogP contribution in [0.3, 0.4) is 0 Å². The van der Waals surface area contributed by atoms with Crippen LogP contribution in [0.25, 0.3) is 0 Å². The van der Waals surface area contributed by atoms with Crippen LogP contribution < -0.4 is 5.32 Å². The standard InChI is InChI=1S/C19H16ClNO2/c20-11-8-9-17-16(10-11)12-6-3-7-13(12)18(21-17)14-4-1-2-5-15(14)19(22)23/h1-6,8-10,12-13,18,21H,7H2,(H,22,23)/t12-,13-,18+/m0/s1. The maximum atomic E-state index is 11.6. The highest BCUT2D eigenvalue weighted by molar-refractivity contribution is 6.30. The number of benzene rings is 2. The van der Waals surface area contributed by atoms with Crippen LogP contribution in [0, 0.1) is 5.92 Å². The molecule has 0 spiro atoms. The average Bonchev–Trinajstić information content (AvgIpc) is 3.04. The predicted molar refractivity (Wildman–Crippen MR) is 91.2 cm³/mol.